The van der Waals surface area contributed by atoms with E-state index in [2.05, 4.69) is 0 Å². The van der Waals surface area contributed by atoms with Crippen molar-refractivity contribution in [1.82, 2.24) is 4.90 Å². The van der Waals surface area contributed by atoms with Gasteiger partial charge in [-0.25, -0.2) is 0 Å². The van der Waals surface area contributed by atoms with Gasteiger partial charge in [-0.05, 0) is 18.9 Å². The average molecular weight is 285 g/mol. The molecule has 0 saturated heterocycles. The molecule has 0 unspecified atom stereocenters. The molecule has 102 valence electrons. The van der Waals surface area contributed by atoms with Crippen molar-refractivity contribution in [1.29, 1.82) is 0 Å². The van der Waals surface area contributed by atoms with Gasteiger partial charge in [0.25, 0.3) is 5.91 Å². The van der Waals surface area contributed by atoms with Crippen LogP contribution in [-0.4, -0.2) is 35.4 Å². The highest BCUT2D eigenvalue weighted by molar-refractivity contribution is 6.30. The van der Waals surface area contributed by atoms with Gasteiger partial charge in [-0.1, -0.05) is 11.6 Å². The number of benzene rings is 1. The van der Waals surface area contributed by atoms with Crippen LogP contribution in [0.2, 0.25) is 5.02 Å². The summed E-state index contributed by atoms with van der Waals surface area (Å²) >= 11 is 5.76. The van der Waals surface area contributed by atoms with E-state index >= 15 is 0 Å². The number of carbonyl (C=O) groups is 1. The third-order valence-corrected chi connectivity index (χ3v) is 3.19. The van der Waals surface area contributed by atoms with Crippen LogP contribution in [0.5, 0.6) is 5.75 Å². The highest BCUT2D eigenvalue weighted by Crippen LogP contribution is 2.30. The second-order valence-electron chi connectivity index (χ2n) is 4.39. The van der Waals surface area contributed by atoms with Gasteiger partial charge >= 0.3 is 5.69 Å². The highest BCUT2D eigenvalue weighted by atomic mass is 35.5. The number of hydrogen-bond acceptors (Lipinski definition) is 4. The van der Waals surface area contributed by atoms with Gasteiger partial charge < -0.3 is 9.64 Å². The van der Waals surface area contributed by atoms with Crippen molar-refractivity contribution in [3.8, 4) is 5.75 Å². The molecule has 6 nitrogen and oxygen atoms in total. The molecule has 1 fully saturated rings. The van der Waals surface area contributed by atoms with E-state index in [0.29, 0.717) is 5.02 Å². The molecule has 0 atom stereocenters. The van der Waals surface area contributed by atoms with Crippen molar-refractivity contribution >= 4 is 23.2 Å². The van der Waals surface area contributed by atoms with Gasteiger partial charge in [-0.3, -0.25) is 14.9 Å². The first-order valence-corrected chi connectivity index (χ1v) is 6.19. The third kappa shape index (κ3) is 3.35. The van der Waals surface area contributed by atoms with Crippen LogP contribution >= 0.6 is 11.6 Å². The van der Waals surface area contributed by atoms with Gasteiger partial charge in [0.2, 0.25) is 0 Å². The van der Waals surface area contributed by atoms with Crippen LogP contribution in [0.1, 0.15) is 12.8 Å². The zero-order valence-electron chi connectivity index (χ0n) is 10.3. The zero-order valence-corrected chi connectivity index (χ0v) is 11.1. The van der Waals surface area contributed by atoms with Crippen molar-refractivity contribution in [3.05, 3.63) is 33.3 Å². The SMILES string of the molecule is CN(C(=O)COc1cc(Cl)ccc1[N+](=O)[O-])C1CC1. The van der Waals surface area contributed by atoms with Gasteiger partial charge in [0.05, 0.1) is 4.92 Å². The number of ether oxygens (including phenoxy) is 1. The Labute approximate surface area is 115 Å². The largest absolute Gasteiger partial charge is 0.477 e. The normalized spacial score (nSPS) is 14.0. The fourth-order valence-electron chi connectivity index (χ4n) is 1.66. The van der Waals surface area contributed by atoms with Gasteiger partial charge in [-0.2, -0.15) is 0 Å². The molecule has 0 radical (unpaired) electrons. The first kappa shape index (κ1) is 13.6. The number of halogens is 1. The molecule has 0 bridgehead atoms. The minimum Gasteiger partial charge on any atom is -0.477 e. The van der Waals surface area contributed by atoms with Crippen LogP contribution in [0, 0.1) is 10.1 Å². The third-order valence-electron chi connectivity index (χ3n) is 2.96. The van der Waals surface area contributed by atoms with E-state index < -0.39 is 4.92 Å². The van der Waals surface area contributed by atoms with Crippen molar-refractivity contribution in [2.24, 2.45) is 0 Å². The second-order valence-corrected chi connectivity index (χ2v) is 4.83. The Morgan fingerprint density at radius 1 is 1.58 bits per heavy atom. The van der Waals surface area contributed by atoms with Crippen molar-refractivity contribution in [2.75, 3.05) is 13.7 Å². The zero-order chi connectivity index (χ0) is 14.0. The molecule has 19 heavy (non-hydrogen) atoms. The lowest BCUT2D eigenvalue weighted by atomic mass is 10.3. The van der Waals surface area contributed by atoms with E-state index in [1.54, 1.807) is 11.9 Å². The molecular formula is C12H13ClN2O4. The fourth-order valence-corrected chi connectivity index (χ4v) is 1.82. The molecule has 7 heteroatoms. The first-order chi connectivity index (χ1) is 8.99. The highest BCUT2D eigenvalue weighted by Gasteiger charge is 2.30. The summed E-state index contributed by atoms with van der Waals surface area (Å²) in [6.45, 7) is -0.228. The molecule has 0 N–H and O–H groups in total. The molecular weight excluding hydrogens is 272 g/mol. The van der Waals surface area contributed by atoms with Crippen LogP contribution in [0.4, 0.5) is 5.69 Å². The Kier molecular flexibility index (Phi) is 3.90. The monoisotopic (exact) mass is 284 g/mol. The summed E-state index contributed by atoms with van der Waals surface area (Å²) in [5.74, 6) is -0.188. The Balaban J connectivity index is 2.03. The lowest BCUT2D eigenvalue weighted by Gasteiger charge is -2.16. The summed E-state index contributed by atoms with van der Waals surface area (Å²) in [7, 11) is 1.70. The second kappa shape index (κ2) is 5.44. The average Bonchev–Trinajstić information content (AvgIpc) is 3.18. The standard InChI is InChI=1S/C12H13ClN2O4/c1-14(9-3-4-9)12(16)7-19-11-6-8(13)2-5-10(11)15(17)18/h2,5-6,9H,3-4,7H2,1H3. The quantitative estimate of drug-likeness (QED) is 0.614. The van der Waals surface area contributed by atoms with Crippen molar-refractivity contribution in [3.63, 3.8) is 0 Å². The number of carbonyl (C=O) groups excluding carboxylic acids is 1. The molecule has 0 aromatic heterocycles. The smallest absolute Gasteiger partial charge is 0.311 e. The maximum Gasteiger partial charge on any atom is 0.311 e. The molecule has 1 aromatic rings. The van der Waals surface area contributed by atoms with Gasteiger partial charge in [0.1, 0.15) is 0 Å². The van der Waals surface area contributed by atoms with Gasteiger partial charge in [0.15, 0.2) is 12.4 Å². The minimum absolute atomic E-state index is 0.00930. The van der Waals surface area contributed by atoms with Crippen LogP contribution in [0.25, 0.3) is 0 Å². The number of nitro groups is 1. The van der Waals surface area contributed by atoms with E-state index in [9.17, 15) is 14.9 Å². The number of rotatable bonds is 5. The minimum atomic E-state index is -0.569. The summed E-state index contributed by atoms with van der Waals surface area (Å²) in [6.07, 6.45) is 2.00. The predicted molar refractivity (Wildman–Crippen MR) is 69.4 cm³/mol. The summed E-state index contributed by atoms with van der Waals surface area (Å²) in [4.78, 5) is 23.6. The van der Waals surface area contributed by atoms with Gasteiger partial charge in [-0.15, -0.1) is 0 Å². The molecule has 1 saturated carbocycles. The summed E-state index contributed by atoms with van der Waals surface area (Å²) in [6, 6.07) is 4.28. The van der Waals surface area contributed by atoms with E-state index in [1.165, 1.54) is 18.2 Å². The van der Waals surface area contributed by atoms with E-state index in [4.69, 9.17) is 16.3 Å². The number of nitrogens with zero attached hydrogens (tertiary/aromatic N) is 2. The number of nitro benzene ring substituents is 1. The maximum absolute atomic E-state index is 11.8. The van der Waals surface area contributed by atoms with E-state index in [-0.39, 0.29) is 30.0 Å². The molecule has 2 rings (SSSR count). The molecule has 0 heterocycles. The molecule has 1 aliphatic rings. The van der Waals surface area contributed by atoms with E-state index in [1.807, 2.05) is 0 Å². The van der Waals surface area contributed by atoms with E-state index in [0.717, 1.165) is 12.8 Å². The maximum atomic E-state index is 11.8. The summed E-state index contributed by atoms with van der Waals surface area (Å²) in [5.41, 5.74) is -0.203. The van der Waals surface area contributed by atoms with Crippen LogP contribution in [0.3, 0.4) is 0 Å². The lowest BCUT2D eigenvalue weighted by Crippen LogP contribution is -2.33. The Hall–Kier alpha value is -1.82. The van der Waals surface area contributed by atoms with Crippen LogP contribution < -0.4 is 4.74 Å². The summed E-state index contributed by atoms with van der Waals surface area (Å²) < 4.78 is 5.22. The Bertz CT molecular complexity index is 516. The Morgan fingerprint density at radius 2 is 2.26 bits per heavy atom. The molecule has 0 aliphatic heterocycles. The van der Waals surface area contributed by atoms with Gasteiger partial charge in [0, 0.05) is 30.2 Å². The predicted octanol–water partition coefficient (Wildman–Crippen LogP) is 2.25. The fraction of sp³-hybridized carbons (Fsp3) is 0.417. The molecule has 1 aliphatic carbocycles. The van der Waals surface area contributed by atoms with Crippen LogP contribution in [-0.2, 0) is 4.79 Å². The summed E-state index contributed by atoms with van der Waals surface area (Å²) in [5, 5.41) is 11.1. The Morgan fingerprint density at radius 3 is 2.84 bits per heavy atom. The first-order valence-electron chi connectivity index (χ1n) is 5.81. The van der Waals surface area contributed by atoms with Crippen LogP contribution in [0.15, 0.2) is 18.2 Å². The van der Waals surface area contributed by atoms with Crippen molar-refractivity contribution in [2.45, 2.75) is 18.9 Å². The number of hydrogen-bond donors (Lipinski definition) is 0. The van der Waals surface area contributed by atoms with Crippen molar-refractivity contribution < 1.29 is 14.5 Å². The molecule has 1 aromatic carbocycles. The molecule has 0 spiro atoms. The topological polar surface area (TPSA) is 72.7 Å². The number of amides is 1. The lowest BCUT2D eigenvalue weighted by molar-refractivity contribution is -0.385. The number of likely N-dealkylation sites (N-methyl/N-ethyl adjacent to an activating group) is 1. The molecule has 1 amide bonds.